The predicted molar refractivity (Wildman–Crippen MR) is 66.7 cm³/mol. The maximum atomic E-state index is 11.5. The Morgan fingerprint density at radius 3 is 2.94 bits per heavy atom. The van der Waals surface area contributed by atoms with Gasteiger partial charge in [0, 0.05) is 0 Å². The van der Waals surface area contributed by atoms with Gasteiger partial charge in [-0.3, -0.25) is 15.2 Å². The molecule has 0 bridgehead atoms. The second kappa shape index (κ2) is 5.50. The lowest BCUT2D eigenvalue weighted by molar-refractivity contribution is -0.118. The molecule has 1 aromatic carbocycles. The molecule has 0 aliphatic rings. The van der Waals surface area contributed by atoms with Crippen LogP contribution in [0.5, 0.6) is 5.75 Å². The summed E-state index contributed by atoms with van der Waals surface area (Å²) in [6.45, 7) is 1.58. The smallest absolute Gasteiger partial charge is 0.264 e. The number of nitrogens with zero attached hydrogens (tertiary/aromatic N) is 2. The molecule has 0 aliphatic heterocycles. The number of halogens is 1. The van der Waals surface area contributed by atoms with Gasteiger partial charge in [0.05, 0.1) is 5.02 Å². The number of carbonyl (C=O) groups excluding carboxylic acids is 1. The largest absolute Gasteiger partial charge is 0.482 e. The molecule has 0 saturated heterocycles. The van der Waals surface area contributed by atoms with Crippen LogP contribution >= 0.6 is 11.6 Å². The van der Waals surface area contributed by atoms with Crippen molar-refractivity contribution in [3.05, 3.63) is 35.1 Å². The van der Waals surface area contributed by atoms with Crippen molar-refractivity contribution in [1.82, 2.24) is 15.2 Å². The quantitative estimate of drug-likeness (QED) is 0.884. The molecule has 6 nitrogen and oxygen atoms in total. The molecule has 1 aromatic heterocycles. The van der Waals surface area contributed by atoms with Crippen molar-refractivity contribution in [2.24, 2.45) is 0 Å². The highest BCUT2D eigenvalue weighted by Gasteiger charge is 2.08. The van der Waals surface area contributed by atoms with Crippen LogP contribution in [0.15, 0.2) is 24.3 Å². The topological polar surface area (TPSA) is 79.9 Å². The number of amides is 1. The summed E-state index contributed by atoms with van der Waals surface area (Å²) in [4.78, 5) is 15.5. The number of anilines is 1. The molecule has 18 heavy (non-hydrogen) atoms. The Hall–Kier alpha value is -2.08. The van der Waals surface area contributed by atoms with Gasteiger partial charge in [-0.25, -0.2) is 0 Å². The first kappa shape index (κ1) is 12.4. The molecule has 1 amide bonds. The number of carbonyl (C=O) groups is 1. The molecule has 0 spiro atoms. The molecule has 2 rings (SSSR count). The zero-order valence-electron chi connectivity index (χ0n) is 9.61. The highest BCUT2D eigenvalue weighted by atomic mass is 35.5. The monoisotopic (exact) mass is 266 g/mol. The summed E-state index contributed by atoms with van der Waals surface area (Å²) in [6.07, 6.45) is 0. The summed E-state index contributed by atoms with van der Waals surface area (Å²) in [6, 6.07) is 6.93. The number of nitrogens with one attached hydrogen (secondary N) is 2. The van der Waals surface area contributed by atoms with E-state index in [1.54, 1.807) is 31.2 Å². The van der Waals surface area contributed by atoms with Gasteiger partial charge in [0.2, 0.25) is 5.95 Å². The lowest BCUT2D eigenvalue weighted by Gasteiger charge is -2.06. The average molecular weight is 267 g/mol. The third-order valence-corrected chi connectivity index (χ3v) is 2.36. The van der Waals surface area contributed by atoms with Gasteiger partial charge in [-0.1, -0.05) is 23.7 Å². The number of rotatable bonds is 4. The van der Waals surface area contributed by atoms with E-state index in [1.165, 1.54) is 0 Å². The van der Waals surface area contributed by atoms with Crippen LogP contribution in [0.3, 0.4) is 0 Å². The van der Waals surface area contributed by atoms with Crippen molar-refractivity contribution in [2.75, 3.05) is 11.9 Å². The van der Waals surface area contributed by atoms with E-state index in [4.69, 9.17) is 16.3 Å². The Kier molecular flexibility index (Phi) is 3.78. The molecule has 7 heteroatoms. The summed E-state index contributed by atoms with van der Waals surface area (Å²) in [7, 11) is 0. The second-order valence-electron chi connectivity index (χ2n) is 3.51. The normalized spacial score (nSPS) is 10.1. The highest BCUT2D eigenvalue weighted by molar-refractivity contribution is 6.32. The summed E-state index contributed by atoms with van der Waals surface area (Å²) in [5, 5.41) is 9.35. The van der Waals surface area contributed by atoms with Crippen LogP contribution in [-0.4, -0.2) is 27.7 Å². The molecule has 0 saturated carbocycles. The summed E-state index contributed by atoms with van der Waals surface area (Å²) >= 11 is 5.88. The summed E-state index contributed by atoms with van der Waals surface area (Å²) in [5.41, 5.74) is 0. The van der Waals surface area contributed by atoms with Crippen LogP contribution in [0.2, 0.25) is 5.02 Å². The third kappa shape index (κ3) is 3.21. The highest BCUT2D eigenvalue weighted by Crippen LogP contribution is 2.22. The van der Waals surface area contributed by atoms with Crippen LogP contribution in [0.25, 0.3) is 0 Å². The van der Waals surface area contributed by atoms with Gasteiger partial charge in [0.25, 0.3) is 5.91 Å². The molecule has 2 aromatic rings. The van der Waals surface area contributed by atoms with E-state index in [1.807, 2.05) is 0 Å². The minimum atomic E-state index is -0.353. The van der Waals surface area contributed by atoms with Crippen LogP contribution in [0.1, 0.15) is 5.82 Å². The van der Waals surface area contributed by atoms with Crippen LogP contribution < -0.4 is 10.1 Å². The first-order valence-corrected chi connectivity index (χ1v) is 5.59. The zero-order chi connectivity index (χ0) is 13.0. The molecule has 0 unspecified atom stereocenters. The molecule has 0 fully saturated rings. The first-order valence-electron chi connectivity index (χ1n) is 5.21. The number of hydrogen-bond donors (Lipinski definition) is 2. The molecule has 94 valence electrons. The maximum Gasteiger partial charge on any atom is 0.264 e. The Balaban J connectivity index is 1.87. The molecule has 2 N–H and O–H groups in total. The van der Waals surface area contributed by atoms with Gasteiger partial charge in [-0.2, -0.15) is 4.98 Å². The number of aromatic nitrogens is 3. The summed E-state index contributed by atoms with van der Waals surface area (Å²) < 4.78 is 5.27. The van der Waals surface area contributed by atoms with Gasteiger partial charge in [0.1, 0.15) is 11.6 Å². The van der Waals surface area contributed by atoms with Gasteiger partial charge < -0.3 is 4.74 Å². The number of aryl methyl sites for hydroxylation is 1. The molecule has 1 heterocycles. The van der Waals surface area contributed by atoms with E-state index in [0.717, 1.165) is 0 Å². The Labute approximate surface area is 108 Å². The van der Waals surface area contributed by atoms with E-state index in [9.17, 15) is 4.79 Å². The Bertz CT molecular complexity index is 555. The second-order valence-corrected chi connectivity index (χ2v) is 3.92. The molecular weight excluding hydrogens is 256 g/mol. The van der Waals surface area contributed by atoms with Crippen molar-refractivity contribution in [2.45, 2.75) is 6.92 Å². The lowest BCUT2D eigenvalue weighted by Crippen LogP contribution is -2.20. The zero-order valence-corrected chi connectivity index (χ0v) is 10.4. The number of ether oxygens (including phenoxy) is 1. The third-order valence-electron chi connectivity index (χ3n) is 2.04. The number of aromatic amines is 1. The molecule has 0 atom stereocenters. The average Bonchev–Trinajstić information content (AvgIpc) is 2.74. The van der Waals surface area contributed by atoms with Crippen LogP contribution in [0, 0.1) is 6.92 Å². The fraction of sp³-hybridized carbons (Fsp3) is 0.182. The Morgan fingerprint density at radius 2 is 2.28 bits per heavy atom. The fourth-order valence-electron chi connectivity index (χ4n) is 1.26. The van der Waals surface area contributed by atoms with Crippen molar-refractivity contribution < 1.29 is 9.53 Å². The fourth-order valence-corrected chi connectivity index (χ4v) is 1.45. The van der Waals surface area contributed by atoms with Crippen molar-refractivity contribution >= 4 is 23.5 Å². The standard InChI is InChI=1S/C11H11ClN4O2/c1-7-13-11(16-15-7)14-10(17)6-18-9-5-3-2-4-8(9)12/h2-5H,6H2,1H3,(H2,13,14,15,16,17). The maximum absolute atomic E-state index is 11.5. The van der Waals surface area contributed by atoms with E-state index in [0.29, 0.717) is 16.6 Å². The van der Waals surface area contributed by atoms with E-state index < -0.39 is 0 Å². The first-order chi connectivity index (χ1) is 8.65. The minimum Gasteiger partial charge on any atom is -0.482 e. The molecule has 0 aliphatic carbocycles. The van der Waals surface area contributed by atoms with Gasteiger partial charge in [-0.05, 0) is 19.1 Å². The Morgan fingerprint density at radius 1 is 1.50 bits per heavy atom. The van der Waals surface area contributed by atoms with E-state index in [2.05, 4.69) is 20.5 Å². The van der Waals surface area contributed by atoms with E-state index in [-0.39, 0.29) is 18.5 Å². The number of benzene rings is 1. The number of hydrogen-bond acceptors (Lipinski definition) is 4. The van der Waals surface area contributed by atoms with Crippen LogP contribution in [0.4, 0.5) is 5.95 Å². The molecule has 0 radical (unpaired) electrons. The predicted octanol–water partition coefficient (Wildman–Crippen LogP) is 1.78. The van der Waals surface area contributed by atoms with Crippen molar-refractivity contribution in [3.8, 4) is 5.75 Å². The number of H-pyrrole nitrogens is 1. The lowest BCUT2D eigenvalue weighted by atomic mass is 10.3. The van der Waals surface area contributed by atoms with Gasteiger partial charge in [-0.15, -0.1) is 5.10 Å². The number of para-hydroxylation sites is 1. The van der Waals surface area contributed by atoms with Crippen molar-refractivity contribution in [1.29, 1.82) is 0 Å². The SMILES string of the molecule is Cc1nc(NC(=O)COc2ccccc2Cl)n[nH]1. The van der Waals surface area contributed by atoms with Crippen LogP contribution in [-0.2, 0) is 4.79 Å². The van der Waals surface area contributed by atoms with Gasteiger partial charge >= 0.3 is 0 Å². The summed E-state index contributed by atoms with van der Waals surface area (Å²) in [5.74, 6) is 0.951. The minimum absolute atomic E-state index is 0.155. The van der Waals surface area contributed by atoms with E-state index >= 15 is 0 Å². The van der Waals surface area contributed by atoms with Crippen molar-refractivity contribution in [3.63, 3.8) is 0 Å². The molecular formula is C11H11ClN4O2. The van der Waals surface area contributed by atoms with Gasteiger partial charge in [0.15, 0.2) is 6.61 Å².